The minimum absolute atomic E-state index is 0.302. The summed E-state index contributed by atoms with van der Waals surface area (Å²) in [6.07, 6.45) is 4.03. The first kappa shape index (κ1) is 10.1. The van der Waals surface area contributed by atoms with E-state index in [2.05, 4.69) is 19.6 Å². The highest BCUT2D eigenvalue weighted by atomic mass is 16.5. The highest BCUT2D eigenvalue weighted by Crippen LogP contribution is 2.29. The normalized spacial score (nSPS) is 24.1. The highest BCUT2D eigenvalue weighted by molar-refractivity contribution is 5.32. The average Bonchev–Trinajstić information content (AvgIpc) is 2.18. The van der Waals surface area contributed by atoms with Crippen molar-refractivity contribution in [3.05, 3.63) is 42.7 Å². The molecule has 0 aliphatic heterocycles. The van der Waals surface area contributed by atoms with Crippen LogP contribution < -0.4 is 4.74 Å². The van der Waals surface area contributed by atoms with E-state index < -0.39 is 0 Å². The Hall–Kier alpha value is -1.44. The molecule has 2 nitrogen and oxygen atoms in total. The lowest BCUT2D eigenvalue weighted by atomic mass is 9.92. The summed E-state index contributed by atoms with van der Waals surface area (Å²) in [5.41, 5.74) is 1.19. The maximum absolute atomic E-state index is 5.84. The molecular formula is C13H16O2. The number of aryl methyl sites for hydroxylation is 1. The second-order valence-electron chi connectivity index (χ2n) is 3.90. The Kier molecular flexibility index (Phi) is 2.95. The largest absolute Gasteiger partial charge is 0.498 e. The molecule has 1 aromatic rings. The summed E-state index contributed by atoms with van der Waals surface area (Å²) in [4.78, 5) is 0. The molecule has 0 heterocycles. The maximum Gasteiger partial charge on any atom is 0.122 e. The molecule has 15 heavy (non-hydrogen) atoms. The van der Waals surface area contributed by atoms with Crippen LogP contribution in [-0.2, 0) is 4.74 Å². The van der Waals surface area contributed by atoms with Gasteiger partial charge in [-0.05, 0) is 18.6 Å². The monoisotopic (exact) mass is 204 g/mol. The summed E-state index contributed by atoms with van der Waals surface area (Å²) < 4.78 is 11.1. The summed E-state index contributed by atoms with van der Waals surface area (Å²) >= 11 is 0. The van der Waals surface area contributed by atoms with E-state index in [9.17, 15) is 0 Å². The molecule has 1 fully saturated rings. The van der Waals surface area contributed by atoms with Crippen LogP contribution in [0, 0.1) is 6.92 Å². The minimum Gasteiger partial charge on any atom is -0.498 e. The second kappa shape index (κ2) is 4.39. The lowest BCUT2D eigenvalue weighted by Crippen LogP contribution is -2.38. The number of rotatable bonds is 4. The molecule has 1 aliphatic rings. The van der Waals surface area contributed by atoms with Crippen LogP contribution in [0.25, 0.3) is 0 Å². The Labute approximate surface area is 90.5 Å². The summed E-state index contributed by atoms with van der Waals surface area (Å²) in [5, 5.41) is 0. The Bertz CT molecular complexity index is 340. The van der Waals surface area contributed by atoms with Gasteiger partial charge in [0, 0.05) is 12.8 Å². The summed E-state index contributed by atoms with van der Waals surface area (Å²) in [5.74, 6) is 0.986. The third-order valence-electron chi connectivity index (χ3n) is 2.73. The third kappa shape index (κ3) is 2.32. The van der Waals surface area contributed by atoms with Crippen molar-refractivity contribution in [2.45, 2.75) is 32.0 Å². The predicted molar refractivity (Wildman–Crippen MR) is 59.9 cm³/mol. The van der Waals surface area contributed by atoms with Crippen LogP contribution in [0.15, 0.2) is 37.1 Å². The maximum atomic E-state index is 5.84. The predicted octanol–water partition coefficient (Wildman–Crippen LogP) is 3.06. The molecule has 80 valence electrons. The van der Waals surface area contributed by atoms with Gasteiger partial charge in [0.1, 0.15) is 18.0 Å². The van der Waals surface area contributed by atoms with Crippen molar-refractivity contribution in [1.29, 1.82) is 0 Å². The Morgan fingerprint density at radius 2 is 2.00 bits per heavy atom. The number of hydrogen-bond acceptors (Lipinski definition) is 2. The van der Waals surface area contributed by atoms with E-state index in [0.717, 1.165) is 18.6 Å². The summed E-state index contributed by atoms with van der Waals surface area (Å²) in [6, 6.07) is 8.09. The van der Waals surface area contributed by atoms with Crippen molar-refractivity contribution in [2.24, 2.45) is 0 Å². The van der Waals surface area contributed by atoms with Crippen molar-refractivity contribution in [2.75, 3.05) is 0 Å². The number of ether oxygens (including phenoxy) is 2. The molecule has 0 atom stereocenters. The van der Waals surface area contributed by atoms with Gasteiger partial charge in [-0.15, -0.1) is 0 Å². The van der Waals surface area contributed by atoms with E-state index in [0.29, 0.717) is 12.2 Å². The van der Waals surface area contributed by atoms with Gasteiger partial charge in [-0.1, -0.05) is 24.8 Å². The molecule has 0 bridgehead atoms. The molecule has 2 rings (SSSR count). The van der Waals surface area contributed by atoms with E-state index in [-0.39, 0.29) is 0 Å². The van der Waals surface area contributed by atoms with E-state index in [1.807, 2.05) is 18.2 Å². The van der Waals surface area contributed by atoms with Gasteiger partial charge in [-0.3, -0.25) is 0 Å². The quantitative estimate of drug-likeness (QED) is 0.702. The molecular weight excluding hydrogens is 188 g/mol. The zero-order chi connectivity index (χ0) is 10.7. The highest BCUT2D eigenvalue weighted by Gasteiger charge is 2.31. The van der Waals surface area contributed by atoms with Crippen LogP contribution in [-0.4, -0.2) is 12.2 Å². The van der Waals surface area contributed by atoms with Crippen molar-refractivity contribution >= 4 is 0 Å². The number of hydrogen-bond donors (Lipinski definition) is 0. The second-order valence-corrected chi connectivity index (χ2v) is 3.90. The molecule has 1 saturated carbocycles. The molecule has 0 amide bonds. The first-order valence-electron chi connectivity index (χ1n) is 5.28. The van der Waals surface area contributed by atoms with Crippen molar-refractivity contribution in [3.63, 3.8) is 0 Å². The molecule has 1 aliphatic carbocycles. The molecule has 0 aromatic heterocycles. The third-order valence-corrected chi connectivity index (χ3v) is 2.73. The van der Waals surface area contributed by atoms with Gasteiger partial charge in [0.05, 0.1) is 6.26 Å². The van der Waals surface area contributed by atoms with Gasteiger partial charge in [-0.25, -0.2) is 0 Å². The lowest BCUT2D eigenvalue weighted by Gasteiger charge is -2.34. The average molecular weight is 204 g/mol. The fraction of sp³-hybridized carbons (Fsp3) is 0.385. The van der Waals surface area contributed by atoms with Gasteiger partial charge in [0.25, 0.3) is 0 Å². The van der Waals surface area contributed by atoms with Gasteiger partial charge < -0.3 is 9.47 Å². The summed E-state index contributed by atoms with van der Waals surface area (Å²) in [7, 11) is 0. The minimum atomic E-state index is 0.302. The molecule has 1 aromatic carbocycles. The van der Waals surface area contributed by atoms with Crippen LogP contribution >= 0.6 is 0 Å². The molecule has 0 radical (unpaired) electrons. The zero-order valence-electron chi connectivity index (χ0n) is 8.98. The first-order valence-corrected chi connectivity index (χ1v) is 5.28. The van der Waals surface area contributed by atoms with Crippen molar-refractivity contribution in [3.8, 4) is 5.75 Å². The van der Waals surface area contributed by atoms with Crippen molar-refractivity contribution < 1.29 is 9.47 Å². The van der Waals surface area contributed by atoms with Gasteiger partial charge in [0.15, 0.2) is 0 Å². The van der Waals surface area contributed by atoms with Crippen LogP contribution in [0.2, 0.25) is 0 Å². The van der Waals surface area contributed by atoms with Crippen LogP contribution in [0.5, 0.6) is 5.75 Å². The molecule has 0 saturated heterocycles. The van der Waals surface area contributed by atoms with Crippen LogP contribution in [0.1, 0.15) is 18.4 Å². The Morgan fingerprint density at radius 1 is 1.27 bits per heavy atom. The van der Waals surface area contributed by atoms with E-state index in [1.54, 1.807) is 0 Å². The molecule has 0 unspecified atom stereocenters. The fourth-order valence-corrected chi connectivity index (χ4v) is 1.73. The summed E-state index contributed by atoms with van der Waals surface area (Å²) in [6.45, 7) is 5.60. The zero-order valence-corrected chi connectivity index (χ0v) is 8.98. The van der Waals surface area contributed by atoms with Crippen LogP contribution in [0.4, 0.5) is 0 Å². The van der Waals surface area contributed by atoms with Crippen molar-refractivity contribution in [1.82, 2.24) is 0 Å². The molecule has 0 N–H and O–H groups in total. The fourth-order valence-electron chi connectivity index (χ4n) is 1.73. The SMILES string of the molecule is C=COC1CC(Oc2ccccc2C)C1. The van der Waals surface area contributed by atoms with Crippen LogP contribution in [0.3, 0.4) is 0 Å². The van der Waals surface area contributed by atoms with E-state index in [4.69, 9.17) is 9.47 Å². The Morgan fingerprint density at radius 3 is 2.67 bits per heavy atom. The molecule has 0 spiro atoms. The Balaban J connectivity index is 1.85. The van der Waals surface area contributed by atoms with E-state index in [1.165, 1.54) is 11.8 Å². The lowest BCUT2D eigenvalue weighted by molar-refractivity contribution is -0.0198. The topological polar surface area (TPSA) is 18.5 Å². The first-order chi connectivity index (χ1) is 7.29. The standard InChI is InChI=1S/C13H16O2/c1-3-14-11-8-12(9-11)15-13-7-5-4-6-10(13)2/h3-7,11-12H,1,8-9H2,2H3. The van der Waals surface area contributed by atoms with Gasteiger partial charge >= 0.3 is 0 Å². The number of para-hydroxylation sites is 1. The number of benzene rings is 1. The molecule has 2 heteroatoms. The van der Waals surface area contributed by atoms with Gasteiger partial charge in [0.2, 0.25) is 0 Å². The van der Waals surface area contributed by atoms with Gasteiger partial charge in [-0.2, -0.15) is 0 Å². The van der Waals surface area contributed by atoms with E-state index >= 15 is 0 Å². The smallest absolute Gasteiger partial charge is 0.122 e.